The molecule has 0 aliphatic rings. The van der Waals surface area contributed by atoms with E-state index in [1.807, 2.05) is 13.8 Å². The first-order valence-electron chi connectivity index (χ1n) is 6.75. The molecule has 0 fully saturated rings. The first kappa shape index (κ1) is 18.7. The van der Waals surface area contributed by atoms with Crippen molar-refractivity contribution in [3.63, 3.8) is 0 Å². The van der Waals surface area contributed by atoms with Crippen LogP contribution in [0, 0.1) is 13.8 Å². The number of esters is 1. The Labute approximate surface area is 127 Å². The summed E-state index contributed by atoms with van der Waals surface area (Å²) in [6, 6.07) is 3.60. The van der Waals surface area contributed by atoms with Crippen molar-refractivity contribution < 1.29 is 9.53 Å². The summed E-state index contributed by atoms with van der Waals surface area (Å²) in [5.41, 5.74) is 8.79. The van der Waals surface area contributed by atoms with Crippen LogP contribution in [0.1, 0.15) is 35.3 Å². The number of halogens is 1. The monoisotopic (exact) mass is 300 g/mol. The maximum atomic E-state index is 12.1. The summed E-state index contributed by atoms with van der Waals surface area (Å²) < 4.78 is 5.34. The van der Waals surface area contributed by atoms with E-state index in [4.69, 9.17) is 10.5 Å². The Balaban J connectivity index is 0.00000361. The van der Waals surface area contributed by atoms with Crippen LogP contribution in [0.5, 0.6) is 0 Å². The Morgan fingerprint density at radius 3 is 2.15 bits per heavy atom. The van der Waals surface area contributed by atoms with Gasteiger partial charge in [-0.15, -0.1) is 12.4 Å². The van der Waals surface area contributed by atoms with Gasteiger partial charge in [-0.05, 0) is 50.2 Å². The highest BCUT2D eigenvalue weighted by atomic mass is 35.5. The van der Waals surface area contributed by atoms with Crippen LogP contribution in [-0.4, -0.2) is 37.1 Å². The van der Waals surface area contributed by atoms with Crippen molar-refractivity contribution in [3.8, 4) is 0 Å². The molecule has 1 aromatic carbocycles. The summed E-state index contributed by atoms with van der Waals surface area (Å²) in [5, 5.41) is 0. The summed E-state index contributed by atoms with van der Waals surface area (Å²) in [7, 11) is 0. The molecule has 0 saturated heterocycles. The number of carbonyl (C=O) groups excluding carboxylic acids is 1. The van der Waals surface area contributed by atoms with Crippen molar-refractivity contribution in [1.29, 1.82) is 0 Å². The van der Waals surface area contributed by atoms with E-state index in [1.165, 1.54) is 0 Å². The van der Waals surface area contributed by atoms with Crippen LogP contribution < -0.4 is 5.73 Å². The smallest absolute Gasteiger partial charge is 0.338 e. The fourth-order valence-electron chi connectivity index (χ4n) is 2.20. The minimum Gasteiger partial charge on any atom is -0.461 e. The molecule has 0 heterocycles. The molecule has 114 valence electrons. The van der Waals surface area contributed by atoms with Crippen molar-refractivity contribution in [1.82, 2.24) is 4.90 Å². The van der Waals surface area contributed by atoms with Gasteiger partial charge in [-0.1, -0.05) is 13.8 Å². The Bertz CT molecular complexity index is 422. The number of nitrogen functional groups attached to an aromatic ring is 1. The molecule has 0 radical (unpaired) electrons. The second-order valence-electron chi connectivity index (χ2n) is 4.69. The summed E-state index contributed by atoms with van der Waals surface area (Å²) >= 11 is 0. The van der Waals surface area contributed by atoms with Gasteiger partial charge in [-0.2, -0.15) is 0 Å². The van der Waals surface area contributed by atoms with Gasteiger partial charge in [0.15, 0.2) is 0 Å². The number of rotatable bonds is 6. The van der Waals surface area contributed by atoms with Crippen LogP contribution in [0.3, 0.4) is 0 Å². The Morgan fingerprint density at radius 1 is 1.20 bits per heavy atom. The summed E-state index contributed by atoms with van der Waals surface area (Å²) in [6.45, 7) is 11.1. The number of likely N-dealkylation sites (N-methyl/N-ethyl adjacent to an activating group) is 1. The average Bonchev–Trinajstić information content (AvgIpc) is 2.33. The second-order valence-corrected chi connectivity index (χ2v) is 4.69. The lowest BCUT2D eigenvalue weighted by molar-refractivity contribution is 0.0465. The third-order valence-electron chi connectivity index (χ3n) is 3.29. The number of hydrogen-bond acceptors (Lipinski definition) is 4. The number of nitrogens with two attached hydrogens (primary N) is 1. The van der Waals surface area contributed by atoms with Crippen molar-refractivity contribution >= 4 is 24.1 Å². The summed E-state index contributed by atoms with van der Waals surface area (Å²) in [6.07, 6.45) is 0. The zero-order valence-corrected chi connectivity index (χ0v) is 13.5. The molecule has 20 heavy (non-hydrogen) atoms. The van der Waals surface area contributed by atoms with Crippen LogP contribution in [0.2, 0.25) is 0 Å². The van der Waals surface area contributed by atoms with Crippen LogP contribution in [-0.2, 0) is 4.74 Å². The van der Waals surface area contributed by atoms with E-state index in [2.05, 4.69) is 18.7 Å². The van der Waals surface area contributed by atoms with E-state index in [0.717, 1.165) is 30.8 Å². The molecule has 1 aromatic rings. The largest absolute Gasteiger partial charge is 0.461 e. The van der Waals surface area contributed by atoms with Crippen molar-refractivity contribution in [2.75, 3.05) is 32.0 Å². The topological polar surface area (TPSA) is 55.6 Å². The number of hydrogen-bond donors (Lipinski definition) is 1. The van der Waals surface area contributed by atoms with Crippen molar-refractivity contribution in [2.24, 2.45) is 0 Å². The lowest BCUT2D eigenvalue weighted by atomic mass is 10.0. The van der Waals surface area contributed by atoms with E-state index < -0.39 is 0 Å². The van der Waals surface area contributed by atoms with Gasteiger partial charge in [0, 0.05) is 12.2 Å². The standard InChI is InChI=1S/C15H24N2O2.ClH/c1-5-17(6-2)7-8-19-15(18)14-11(3)9-13(16)10-12(14)4;/h9-10H,5-8,16H2,1-4H3;1H. The highest BCUT2D eigenvalue weighted by Crippen LogP contribution is 2.18. The highest BCUT2D eigenvalue weighted by molar-refractivity contribution is 5.93. The first-order valence-corrected chi connectivity index (χ1v) is 6.75. The quantitative estimate of drug-likeness (QED) is 0.648. The van der Waals surface area contributed by atoms with Crippen molar-refractivity contribution in [2.45, 2.75) is 27.7 Å². The third kappa shape index (κ3) is 5.02. The normalized spacial score (nSPS) is 10.2. The van der Waals surface area contributed by atoms with Gasteiger partial charge in [0.1, 0.15) is 6.61 Å². The van der Waals surface area contributed by atoms with E-state index in [1.54, 1.807) is 12.1 Å². The molecular formula is C15H25ClN2O2. The Kier molecular flexibility index (Phi) is 8.26. The molecule has 4 nitrogen and oxygen atoms in total. The van der Waals surface area contributed by atoms with Crippen LogP contribution in [0.25, 0.3) is 0 Å². The maximum absolute atomic E-state index is 12.1. The van der Waals surface area contributed by atoms with E-state index in [0.29, 0.717) is 17.9 Å². The van der Waals surface area contributed by atoms with Gasteiger partial charge in [0.05, 0.1) is 5.56 Å². The van der Waals surface area contributed by atoms with E-state index in [-0.39, 0.29) is 18.4 Å². The molecule has 0 unspecified atom stereocenters. The number of benzene rings is 1. The number of nitrogens with zero attached hydrogens (tertiary/aromatic N) is 1. The van der Waals surface area contributed by atoms with Crippen LogP contribution >= 0.6 is 12.4 Å². The van der Waals surface area contributed by atoms with Gasteiger partial charge in [-0.25, -0.2) is 4.79 Å². The molecule has 2 N–H and O–H groups in total. The van der Waals surface area contributed by atoms with Gasteiger partial charge in [0.25, 0.3) is 0 Å². The zero-order chi connectivity index (χ0) is 14.4. The van der Waals surface area contributed by atoms with E-state index in [9.17, 15) is 4.79 Å². The highest BCUT2D eigenvalue weighted by Gasteiger charge is 2.14. The summed E-state index contributed by atoms with van der Waals surface area (Å²) in [5.74, 6) is -0.262. The van der Waals surface area contributed by atoms with Crippen LogP contribution in [0.15, 0.2) is 12.1 Å². The minimum atomic E-state index is -0.262. The number of anilines is 1. The Hall–Kier alpha value is -1.26. The lowest BCUT2D eigenvalue weighted by Gasteiger charge is -2.18. The predicted octanol–water partition coefficient (Wildman–Crippen LogP) is 2.81. The summed E-state index contributed by atoms with van der Waals surface area (Å²) in [4.78, 5) is 14.3. The molecule has 5 heteroatoms. The molecule has 0 saturated carbocycles. The average molecular weight is 301 g/mol. The van der Waals surface area contributed by atoms with Gasteiger partial charge >= 0.3 is 5.97 Å². The maximum Gasteiger partial charge on any atom is 0.338 e. The number of carbonyl (C=O) groups is 1. The third-order valence-corrected chi connectivity index (χ3v) is 3.29. The molecule has 0 atom stereocenters. The molecular weight excluding hydrogens is 276 g/mol. The zero-order valence-electron chi connectivity index (χ0n) is 12.7. The SMILES string of the molecule is CCN(CC)CCOC(=O)c1c(C)cc(N)cc1C.Cl. The predicted molar refractivity (Wildman–Crippen MR) is 85.6 cm³/mol. The number of aryl methyl sites for hydroxylation is 2. The van der Waals surface area contributed by atoms with Gasteiger partial charge in [-0.3, -0.25) is 0 Å². The molecule has 0 aliphatic carbocycles. The van der Waals surface area contributed by atoms with Crippen molar-refractivity contribution in [3.05, 3.63) is 28.8 Å². The molecule has 0 spiro atoms. The van der Waals surface area contributed by atoms with E-state index >= 15 is 0 Å². The minimum absolute atomic E-state index is 0. The first-order chi connectivity index (χ1) is 8.99. The molecule has 0 aliphatic heterocycles. The van der Waals surface area contributed by atoms with Gasteiger partial charge < -0.3 is 15.4 Å². The molecule has 0 aromatic heterocycles. The van der Waals surface area contributed by atoms with Gasteiger partial charge in [0.2, 0.25) is 0 Å². The fraction of sp³-hybridized carbons (Fsp3) is 0.533. The molecule has 0 amide bonds. The number of ether oxygens (including phenoxy) is 1. The fourth-order valence-corrected chi connectivity index (χ4v) is 2.20. The second kappa shape index (κ2) is 8.82. The van der Waals surface area contributed by atoms with Crippen LogP contribution in [0.4, 0.5) is 5.69 Å². The lowest BCUT2D eigenvalue weighted by Crippen LogP contribution is -2.28. The molecule has 0 bridgehead atoms. The molecule has 1 rings (SSSR count). The Morgan fingerprint density at radius 2 is 1.70 bits per heavy atom.